The van der Waals surface area contributed by atoms with Crippen LogP contribution in [0.3, 0.4) is 0 Å². The van der Waals surface area contributed by atoms with Crippen molar-refractivity contribution in [2.45, 2.75) is 44.5 Å². The van der Waals surface area contributed by atoms with Gasteiger partial charge in [0.15, 0.2) is 0 Å². The smallest absolute Gasteiger partial charge is 0.373 e. The number of halogens is 3. The maximum Gasteiger partial charge on any atom is 0.399 e. The second-order valence-corrected chi connectivity index (χ2v) is 5.75. The first kappa shape index (κ1) is 17.9. The third-order valence-electron chi connectivity index (χ3n) is 3.66. The molecule has 1 atom stereocenters. The van der Waals surface area contributed by atoms with Crippen LogP contribution in [0.4, 0.5) is 13.2 Å². The lowest BCUT2D eigenvalue weighted by Crippen LogP contribution is -2.45. The van der Waals surface area contributed by atoms with E-state index >= 15 is 0 Å². The van der Waals surface area contributed by atoms with Crippen molar-refractivity contribution in [3.63, 3.8) is 0 Å². The fourth-order valence-electron chi connectivity index (χ4n) is 1.77. The maximum absolute atomic E-state index is 13.1. The van der Waals surface area contributed by atoms with Gasteiger partial charge in [-0.3, -0.25) is 9.82 Å². The second-order valence-electron chi connectivity index (χ2n) is 5.75. The fourth-order valence-corrected chi connectivity index (χ4v) is 1.77. The van der Waals surface area contributed by atoms with Gasteiger partial charge >= 0.3 is 6.18 Å². The molecule has 1 N–H and O–H groups in total. The van der Waals surface area contributed by atoms with Crippen LogP contribution in [0.2, 0.25) is 0 Å². The number of nitrogens with zero attached hydrogens (tertiary/aromatic N) is 2. The zero-order chi connectivity index (χ0) is 16.5. The molecule has 120 valence electrons. The van der Waals surface area contributed by atoms with Gasteiger partial charge in [0.2, 0.25) is 0 Å². The van der Waals surface area contributed by atoms with Crippen molar-refractivity contribution in [3.8, 4) is 0 Å². The number of pyridine rings is 1. The van der Waals surface area contributed by atoms with Crippen LogP contribution in [0.25, 0.3) is 0 Å². The molecular formula is C14H21F3N2O2. The van der Waals surface area contributed by atoms with E-state index in [1.54, 1.807) is 13.1 Å². The van der Waals surface area contributed by atoms with Crippen LogP contribution in [0, 0.1) is 0 Å². The molecule has 0 saturated heterocycles. The molecule has 1 aromatic heterocycles. The first-order valence-electron chi connectivity index (χ1n) is 6.44. The largest absolute Gasteiger partial charge is 0.399 e. The van der Waals surface area contributed by atoms with E-state index in [9.17, 15) is 18.3 Å². The Morgan fingerprint density at radius 1 is 1.29 bits per heavy atom. The standard InChI is InChI=1S/C14H21F3N2O2/c1-12(2,14(15,16)17)11-8-10(6-7-18-11)9-13(3,20)19(4)21-5/h6-8,20H,9H2,1-5H3. The zero-order valence-electron chi connectivity index (χ0n) is 12.8. The number of aliphatic hydroxyl groups is 1. The topological polar surface area (TPSA) is 45.6 Å². The SMILES string of the molecule is CON(C)C(C)(O)Cc1ccnc(C(C)(C)C(F)(F)F)c1. The molecular weight excluding hydrogens is 285 g/mol. The van der Waals surface area contributed by atoms with Crippen LogP contribution in [-0.4, -0.2) is 41.2 Å². The van der Waals surface area contributed by atoms with E-state index in [4.69, 9.17) is 4.84 Å². The normalized spacial score (nSPS) is 16.1. The molecule has 0 spiro atoms. The van der Waals surface area contributed by atoms with Gasteiger partial charge in [-0.2, -0.15) is 18.2 Å². The molecule has 7 heteroatoms. The predicted molar refractivity (Wildman–Crippen MR) is 72.4 cm³/mol. The molecule has 0 aliphatic heterocycles. The average Bonchev–Trinajstić information content (AvgIpc) is 2.36. The summed E-state index contributed by atoms with van der Waals surface area (Å²) in [5.74, 6) is 0. The summed E-state index contributed by atoms with van der Waals surface area (Å²) in [6.07, 6.45) is -2.97. The summed E-state index contributed by atoms with van der Waals surface area (Å²) < 4.78 is 39.2. The quantitative estimate of drug-likeness (QED) is 0.671. The molecule has 1 unspecified atom stereocenters. The molecule has 0 aliphatic carbocycles. The van der Waals surface area contributed by atoms with Gasteiger partial charge < -0.3 is 5.11 Å². The Hall–Kier alpha value is -1.18. The Labute approximate surface area is 122 Å². The van der Waals surface area contributed by atoms with Crippen molar-refractivity contribution in [3.05, 3.63) is 29.6 Å². The number of hydrogen-bond donors (Lipinski definition) is 1. The van der Waals surface area contributed by atoms with Gasteiger partial charge in [0.05, 0.1) is 12.8 Å². The summed E-state index contributed by atoms with van der Waals surface area (Å²) in [5.41, 5.74) is -2.92. The van der Waals surface area contributed by atoms with Gasteiger partial charge in [-0.15, -0.1) is 0 Å². The Kier molecular flexibility index (Phi) is 5.02. The van der Waals surface area contributed by atoms with Crippen LogP contribution >= 0.6 is 0 Å². The van der Waals surface area contributed by atoms with Crippen LogP contribution in [0.1, 0.15) is 32.0 Å². The summed E-state index contributed by atoms with van der Waals surface area (Å²) in [7, 11) is 2.95. The van der Waals surface area contributed by atoms with E-state index in [2.05, 4.69) is 4.98 Å². The molecule has 1 aromatic rings. The third-order valence-corrected chi connectivity index (χ3v) is 3.66. The summed E-state index contributed by atoms with van der Waals surface area (Å²) in [5, 5.41) is 11.5. The highest BCUT2D eigenvalue weighted by Gasteiger charge is 2.49. The zero-order valence-corrected chi connectivity index (χ0v) is 12.8. The minimum atomic E-state index is -4.40. The average molecular weight is 306 g/mol. The Balaban J connectivity index is 3.08. The Morgan fingerprint density at radius 3 is 2.33 bits per heavy atom. The van der Waals surface area contributed by atoms with Crippen molar-refractivity contribution in [2.24, 2.45) is 0 Å². The monoisotopic (exact) mass is 306 g/mol. The lowest BCUT2D eigenvalue weighted by atomic mass is 9.86. The minimum Gasteiger partial charge on any atom is -0.373 e. The molecule has 0 bridgehead atoms. The summed E-state index contributed by atoms with van der Waals surface area (Å²) in [4.78, 5) is 8.75. The molecule has 0 amide bonds. The highest BCUT2D eigenvalue weighted by atomic mass is 19.4. The van der Waals surface area contributed by atoms with E-state index in [-0.39, 0.29) is 12.1 Å². The highest BCUT2D eigenvalue weighted by molar-refractivity contribution is 5.24. The first-order chi connectivity index (χ1) is 9.41. The van der Waals surface area contributed by atoms with Crippen LogP contribution < -0.4 is 0 Å². The number of aromatic nitrogens is 1. The minimum absolute atomic E-state index is 0.0802. The highest BCUT2D eigenvalue weighted by Crippen LogP contribution is 2.39. The maximum atomic E-state index is 13.1. The Bertz CT molecular complexity index is 487. The van der Waals surface area contributed by atoms with E-state index in [0.29, 0.717) is 5.56 Å². The van der Waals surface area contributed by atoms with Gasteiger partial charge in [0, 0.05) is 19.7 Å². The predicted octanol–water partition coefficient (Wildman–Crippen LogP) is 2.67. The van der Waals surface area contributed by atoms with Gasteiger partial charge in [0.25, 0.3) is 0 Å². The van der Waals surface area contributed by atoms with Gasteiger partial charge in [-0.1, -0.05) is 0 Å². The Morgan fingerprint density at radius 2 is 1.86 bits per heavy atom. The van der Waals surface area contributed by atoms with Gasteiger partial charge in [-0.25, -0.2) is 0 Å². The number of hydrogen-bond acceptors (Lipinski definition) is 4. The van der Waals surface area contributed by atoms with Gasteiger partial charge in [0.1, 0.15) is 11.1 Å². The number of hydroxylamine groups is 2. The molecule has 0 radical (unpaired) electrons. The molecule has 0 fully saturated rings. The van der Waals surface area contributed by atoms with Crippen LogP contribution in [0.5, 0.6) is 0 Å². The molecule has 21 heavy (non-hydrogen) atoms. The summed E-state index contributed by atoms with van der Waals surface area (Å²) >= 11 is 0. The van der Waals surface area contributed by atoms with Crippen LogP contribution in [0.15, 0.2) is 18.3 Å². The van der Waals surface area contributed by atoms with Gasteiger partial charge in [-0.05, 0) is 38.5 Å². The van der Waals surface area contributed by atoms with Crippen molar-refractivity contribution in [1.82, 2.24) is 10.0 Å². The molecule has 0 aromatic carbocycles. The van der Waals surface area contributed by atoms with E-state index in [1.165, 1.54) is 31.4 Å². The fraction of sp³-hybridized carbons (Fsp3) is 0.643. The molecule has 1 rings (SSSR count). The summed E-state index contributed by atoms with van der Waals surface area (Å²) in [6, 6.07) is 2.94. The van der Waals surface area contributed by atoms with Crippen molar-refractivity contribution in [1.29, 1.82) is 0 Å². The lowest BCUT2D eigenvalue weighted by molar-refractivity contribution is -0.256. The number of alkyl halides is 3. The third kappa shape index (κ3) is 3.93. The molecule has 0 saturated carbocycles. The van der Waals surface area contributed by atoms with Crippen molar-refractivity contribution >= 4 is 0 Å². The van der Waals surface area contributed by atoms with Crippen molar-refractivity contribution in [2.75, 3.05) is 14.2 Å². The molecule has 4 nitrogen and oxygen atoms in total. The number of rotatable bonds is 5. The lowest BCUT2D eigenvalue weighted by Gasteiger charge is -2.32. The second kappa shape index (κ2) is 5.90. The van der Waals surface area contributed by atoms with E-state index in [1.807, 2.05) is 0 Å². The number of likely N-dealkylation sites (N-methyl/N-ethyl adjacent to an activating group) is 1. The molecule has 0 aliphatic rings. The molecule has 1 heterocycles. The van der Waals surface area contributed by atoms with E-state index in [0.717, 1.165) is 13.8 Å². The van der Waals surface area contributed by atoms with Crippen LogP contribution in [-0.2, 0) is 16.7 Å². The van der Waals surface area contributed by atoms with E-state index < -0.39 is 17.3 Å². The summed E-state index contributed by atoms with van der Waals surface area (Å²) in [6.45, 7) is 3.68. The first-order valence-corrected chi connectivity index (χ1v) is 6.44. The van der Waals surface area contributed by atoms with Crippen molar-refractivity contribution < 1.29 is 23.1 Å².